The number of benzene rings is 1. The molecule has 1 aromatic carbocycles. The molecule has 0 aliphatic carbocycles. The van der Waals surface area contributed by atoms with E-state index in [1.54, 1.807) is 18.2 Å². The molecule has 0 amide bonds. The van der Waals surface area contributed by atoms with E-state index < -0.39 is 5.97 Å². The first-order chi connectivity index (χ1) is 9.15. The van der Waals surface area contributed by atoms with E-state index in [1.807, 2.05) is 10.6 Å². The molecule has 2 heterocycles. The van der Waals surface area contributed by atoms with Crippen molar-refractivity contribution in [2.24, 2.45) is 0 Å². The fourth-order valence-electron chi connectivity index (χ4n) is 2.32. The highest BCUT2D eigenvalue weighted by atomic mass is 16.4. The minimum atomic E-state index is -0.962. The van der Waals surface area contributed by atoms with Gasteiger partial charge in [-0.05, 0) is 18.6 Å². The zero-order chi connectivity index (χ0) is 13.4. The zero-order valence-electron chi connectivity index (χ0n) is 10.2. The average molecular weight is 259 g/mol. The fraction of sp³-hybridized carbons (Fsp3) is 0.308. The van der Waals surface area contributed by atoms with Crippen molar-refractivity contribution >= 4 is 5.97 Å². The number of hydrogen-bond donors (Lipinski definition) is 2. The highest BCUT2D eigenvalue weighted by Crippen LogP contribution is 2.23. The first-order valence-corrected chi connectivity index (χ1v) is 6.09. The highest BCUT2D eigenvalue weighted by molar-refractivity contribution is 5.89. The molecule has 1 aromatic heterocycles. The van der Waals surface area contributed by atoms with Gasteiger partial charge in [-0.2, -0.15) is 0 Å². The number of hydrogen-bond acceptors (Lipinski definition) is 4. The predicted octanol–water partition coefficient (Wildman–Crippen LogP) is 0.950. The number of nitrogens with zero attached hydrogens (tertiary/aromatic N) is 3. The predicted molar refractivity (Wildman–Crippen MR) is 66.7 cm³/mol. The number of carboxylic acids is 1. The van der Waals surface area contributed by atoms with Crippen molar-refractivity contribution in [3.8, 4) is 11.4 Å². The van der Waals surface area contributed by atoms with Crippen molar-refractivity contribution < 1.29 is 15.0 Å². The van der Waals surface area contributed by atoms with Crippen molar-refractivity contribution in [1.82, 2.24) is 14.8 Å². The molecule has 0 spiro atoms. The zero-order valence-corrected chi connectivity index (χ0v) is 10.2. The molecular formula is C13H13N3O3. The van der Waals surface area contributed by atoms with Gasteiger partial charge >= 0.3 is 5.97 Å². The van der Waals surface area contributed by atoms with Gasteiger partial charge in [-0.15, -0.1) is 10.2 Å². The molecule has 0 saturated heterocycles. The Morgan fingerprint density at radius 2 is 2.21 bits per heavy atom. The van der Waals surface area contributed by atoms with Crippen molar-refractivity contribution in [2.45, 2.75) is 25.5 Å². The summed E-state index contributed by atoms with van der Waals surface area (Å²) < 4.78 is 1.94. The smallest absolute Gasteiger partial charge is 0.335 e. The standard InChI is InChI=1S/C13H13N3O3/c17-10-4-5-16-11(7-10)14-15-12(16)8-2-1-3-9(6-8)13(18)19/h1-3,6,10,17H,4-5,7H2,(H,18,19). The van der Waals surface area contributed by atoms with Crippen LogP contribution >= 0.6 is 0 Å². The second-order valence-corrected chi connectivity index (χ2v) is 4.62. The van der Waals surface area contributed by atoms with Crippen LogP contribution in [-0.4, -0.2) is 37.1 Å². The van der Waals surface area contributed by atoms with Gasteiger partial charge < -0.3 is 14.8 Å². The highest BCUT2D eigenvalue weighted by Gasteiger charge is 2.22. The van der Waals surface area contributed by atoms with E-state index in [0.29, 0.717) is 25.2 Å². The minimum absolute atomic E-state index is 0.227. The maximum atomic E-state index is 11.0. The SMILES string of the molecule is O=C(O)c1cccc(-c2nnc3n2CCC(O)C3)c1. The van der Waals surface area contributed by atoms with Gasteiger partial charge in [0.25, 0.3) is 0 Å². The Kier molecular flexibility index (Phi) is 2.79. The molecule has 19 heavy (non-hydrogen) atoms. The second-order valence-electron chi connectivity index (χ2n) is 4.62. The molecule has 2 N–H and O–H groups in total. The quantitative estimate of drug-likeness (QED) is 0.838. The van der Waals surface area contributed by atoms with Crippen molar-refractivity contribution in [3.63, 3.8) is 0 Å². The summed E-state index contributed by atoms with van der Waals surface area (Å²) in [6.45, 7) is 0.649. The van der Waals surface area contributed by atoms with Crippen molar-refractivity contribution in [2.75, 3.05) is 0 Å². The van der Waals surface area contributed by atoms with Crippen LogP contribution in [0.1, 0.15) is 22.6 Å². The molecule has 98 valence electrons. The van der Waals surface area contributed by atoms with Crippen LogP contribution in [0.3, 0.4) is 0 Å². The lowest BCUT2D eigenvalue weighted by atomic mass is 10.1. The number of rotatable bonds is 2. The normalized spacial score (nSPS) is 18.1. The molecule has 0 saturated carbocycles. The van der Waals surface area contributed by atoms with E-state index in [1.165, 1.54) is 0 Å². The van der Waals surface area contributed by atoms with Gasteiger partial charge in [-0.1, -0.05) is 12.1 Å². The Balaban J connectivity index is 2.03. The van der Waals surface area contributed by atoms with Crippen molar-refractivity contribution in [3.05, 3.63) is 35.7 Å². The van der Waals surface area contributed by atoms with Crippen LogP contribution < -0.4 is 0 Å². The third-order valence-electron chi connectivity index (χ3n) is 3.30. The Hall–Kier alpha value is -2.21. The van der Waals surface area contributed by atoms with E-state index in [-0.39, 0.29) is 11.7 Å². The lowest BCUT2D eigenvalue weighted by Gasteiger charge is -2.19. The van der Waals surface area contributed by atoms with E-state index >= 15 is 0 Å². The molecule has 1 unspecified atom stereocenters. The van der Waals surface area contributed by atoms with E-state index in [4.69, 9.17) is 5.11 Å². The summed E-state index contributed by atoms with van der Waals surface area (Å²) >= 11 is 0. The molecule has 6 nitrogen and oxygen atoms in total. The third-order valence-corrected chi connectivity index (χ3v) is 3.30. The Morgan fingerprint density at radius 3 is 3.00 bits per heavy atom. The number of fused-ring (bicyclic) bond motifs is 1. The molecule has 3 rings (SSSR count). The lowest BCUT2D eigenvalue weighted by Crippen LogP contribution is -2.23. The molecule has 6 heteroatoms. The van der Waals surface area contributed by atoms with Crippen LogP contribution in [0.15, 0.2) is 24.3 Å². The van der Waals surface area contributed by atoms with Crippen LogP contribution in [0.2, 0.25) is 0 Å². The van der Waals surface area contributed by atoms with Crippen LogP contribution in [0.4, 0.5) is 0 Å². The largest absolute Gasteiger partial charge is 0.478 e. The number of aliphatic hydroxyl groups excluding tert-OH is 1. The summed E-state index contributed by atoms with van der Waals surface area (Å²) in [5, 5.41) is 26.8. The Labute approximate surface area is 109 Å². The van der Waals surface area contributed by atoms with Gasteiger partial charge in [0.15, 0.2) is 5.82 Å². The number of aliphatic hydroxyl groups is 1. The van der Waals surface area contributed by atoms with E-state index in [0.717, 1.165) is 11.4 Å². The number of carbonyl (C=O) groups is 1. The molecule has 0 bridgehead atoms. The summed E-state index contributed by atoms with van der Waals surface area (Å²) in [5.41, 5.74) is 0.959. The molecule has 0 fully saturated rings. The third kappa shape index (κ3) is 2.10. The van der Waals surface area contributed by atoms with Crippen LogP contribution in [0.5, 0.6) is 0 Å². The summed E-state index contributed by atoms with van der Waals surface area (Å²) in [4.78, 5) is 11.0. The molecule has 1 atom stereocenters. The van der Waals surface area contributed by atoms with Gasteiger partial charge in [-0.3, -0.25) is 0 Å². The number of aromatic carboxylic acids is 1. The maximum absolute atomic E-state index is 11.0. The summed E-state index contributed by atoms with van der Waals surface area (Å²) in [7, 11) is 0. The second kappa shape index (κ2) is 4.47. The monoisotopic (exact) mass is 259 g/mol. The number of aromatic nitrogens is 3. The molecule has 1 aliphatic heterocycles. The lowest BCUT2D eigenvalue weighted by molar-refractivity contribution is 0.0697. The van der Waals surface area contributed by atoms with Gasteiger partial charge in [0.05, 0.1) is 11.7 Å². The van der Waals surface area contributed by atoms with E-state index in [9.17, 15) is 9.90 Å². The van der Waals surface area contributed by atoms with E-state index in [2.05, 4.69) is 10.2 Å². The molecule has 2 aromatic rings. The molecule has 1 aliphatic rings. The Bertz CT molecular complexity index is 636. The summed E-state index contributed by atoms with van der Waals surface area (Å²) in [6, 6.07) is 6.64. The van der Waals surface area contributed by atoms with Crippen LogP contribution in [0.25, 0.3) is 11.4 Å². The van der Waals surface area contributed by atoms with Crippen LogP contribution in [0, 0.1) is 0 Å². The summed E-state index contributed by atoms with van der Waals surface area (Å²) in [6.07, 6.45) is 0.789. The fourth-order valence-corrected chi connectivity index (χ4v) is 2.32. The molecular weight excluding hydrogens is 246 g/mol. The Morgan fingerprint density at radius 1 is 1.37 bits per heavy atom. The van der Waals surface area contributed by atoms with Gasteiger partial charge in [0, 0.05) is 18.5 Å². The van der Waals surface area contributed by atoms with Gasteiger partial charge in [0.2, 0.25) is 0 Å². The topological polar surface area (TPSA) is 88.2 Å². The van der Waals surface area contributed by atoms with Crippen LogP contribution in [-0.2, 0) is 13.0 Å². The van der Waals surface area contributed by atoms with Gasteiger partial charge in [0.1, 0.15) is 5.82 Å². The van der Waals surface area contributed by atoms with Gasteiger partial charge in [-0.25, -0.2) is 4.79 Å². The first-order valence-electron chi connectivity index (χ1n) is 6.09. The average Bonchev–Trinajstić information content (AvgIpc) is 2.81. The number of carboxylic acid groups (broad SMARTS) is 1. The first kappa shape index (κ1) is 11.9. The maximum Gasteiger partial charge on any atom is 0.335 e. The molecule has 0 radical (unpaired) electrons. The summed E-state index contributed by atoms with van der Waals surface area (Å²) in [5.74, 6) is 0.440. The van der Waals surface area contributed by atoms with Crippen molar-refractivity contribution in [1.29, 1.82) is 0 Å². The minimum Gasteiger partial charge on any atom is -0.478 e.